The maximum Gasteiger partial charge on any atom is 0.315 e. The SMILES string of the molecule is CNc1nnc(C(=O)Nc2ccccc2)o1. The van der Waals surface area contributed by atoms with Gasteiger partial charge in [0.25, 0.3) is 0 Å². The molecule has 0 radical (unpaired) electrons. The Morgan fingerprint density at radius 2 is 2.00 bits per heavy atom. The molecule has 0 spiro atoms. The number of nitrogens with zero attached hydrogens (tertiary/aromatic N) is 2. The predicted molar refractivity (Wildman–Crippen MR) is 58.2 cm³/mol. The third-order valence-electron chi connectivity index (χ3n) is 1.86. The minimum Gasteiger partial charge on any atom is -0.399 e. The van der Waals surface area contributed by atoms with E-state index in [1.165, 1.54) is 0 Å². The van der Waals surface area contributed by atoms with E-state index in [9.17, 15) is 4.79 Å². The average Bonchev–Trinajstić information content (AvgIpc) is 2.79. The van der Waals surface area contributed by atoms with Crippen LogP contribution in [0.3, 0.4) is 0 Å². The molecule has 82 valence electrons. The number of nitrogens with one attached hydrogen (secondary N) is 2. The summed E-state index contributed by atoms with van der Waals surface area (Å²) in [4.78, 5) is 11.6. The molecule has 0 aliphatic carbocycles. The maximum atomic E-state index is 11.6. The summed E-state index contributed by atoms with van der Waals surface area (Å²) < 4.78 is 5.02. The second-order valence-electron chi connectivity index (χ2n) is 2.98. The standard InChI is InChI=1S/C10H10N4O2/c1-11-10-14-13-9(16-10)8(15)12-7-5-3-2-4-6-7/h2-6H,1H3,(H,11,14)(H,12,15). The molecule has 2 N–H and O–H groups in total. The number of hydrogen-bond donors (Lipinski definition) is 2. The molecule has 0 saturated carbocycles. The van der Waals surface area contributed by atoms with Gasteiger partial charge in [-0.25, -0.2) is 0 Å². The first kappa shape index (κ1) is 10.2. The van der Waals surface area contributed by atoms with E-state index in [2.05, 4.69) is 20.8 Å². The molecule has 6 heteroatoms. The quantitative estimate of drug-likeness (QED) is 0.813. The maximum absolute atomic E-state index is 11.6. The number of benzene rings is 1. The average molecular weight is 218 g/mol. The van der Waals surface area contributed by atoms with Gasteiger partial charge in [0.15, 0.2) is 0 Å². The molecule has 1 heterocycles. The summed E-state index contributed by atoms with van der Waals surface area (Å²) in [6, 6.07) is 9.26. The fraction of sp³-hybridized carbons (Fsp3) is 0.100. The van der Waals surface area contributed by atoms with Gasteiger partial charge in [-0.3, -0.25) is 4.79 Å². The van der Waals surface area contributed by atoms with Crippen LogP contribution in [0, 0.1) is 0 Å². The normalized spacial score (nSPS) is 9.81. The Bertz CT molecular complexity index is 481. The van der Waals surface area contributed by atoms with Gasteiger partial charge in [0.1, 0.15) is 0 Å². The second-order valence-corrected chi connectivity index (χ2v) is 2.98. The molecule has 2 aromatic rings. The van der Waals surface area contributed by atoms with Crippen molar-refractivity contribution in [1.29, 1.82) is 0 Å². The smallest absolute Gasteiger partial charge is 0.315 e. The van der Waals surface area contributed by atoms with Crippen molar-refractivity contribution < 1.29 is 9.21 Å². The Morgan fingerprint density at radius 3 is 2.62 bits per heavy atom. The molecule has 0 aliphatic heterocycles. The number of anilines is 2. The number of hydrogen-bond acceptors (Lipinski definition) is 5. The van der Waals surface area contributed by atoms with Crippen LogP contribution in [0.15, 0.2) is 34.7 Å². The summed E-state index contributed by atoms with van der Waals surface area (Å²) in [5.41, 5.74) is 0.678. The summed E-state index contributed by atoms with van der Waals surface area (Å²) in [7, 11) is 1.63. The van der Waals surface area contributed by atoms with Gasteiger partial charge in [-0.05, 0) is 12.1 Å². The molecule has 0 unspecified atom stereocenters. The highest BCUT2D eigenvalue weighted by molar-refractivity contribution is 6.00. The fourth-order valence-corrected chi connectivity index (χ4v) is 1.12. The zero-order chi connectivity index (χ0) is 11.4. The van der Waals surface area contributed by atoms with Gasteiger partial charge in [-0.15, -0.1) is 5.10 Å². The number of carbonyl (C=O) groups excluding carboxylic acids is 1. The van der Waals surface area contributed by atoms with Crippen LogP contribution in [-0.2, 0) is 0 Å². The van der Waals surface area contributed by atoms with Crippen molar-refractivity contribution in [1.82, 2.24) is 10.2 Å². The molecular weight excluding hydrogens is 208 g/mol. The Kier molecular flexibility index (Phi) is 2.81. The van der Waals surface area contributed by atoms with Crippen LogP contribution in [0.5, 0.6) is 0 Å². The van der Waals surface area contributed by atoms with Gasteiger partial charge in [0, 0.05) is 12.7 Å². The monoisotopic (exact) mass is 218 g/mol. The fourth-order valence-electron chi connectivity index (χ4n) is 1.12. The molecule has 1 aromatic carbocycles. The molecule has 1 amide bonds. The minimum absolute atomic E-state index is 0.0757. The zero-order valence-corrected chi connectivity index (χ0v) is 8.60. The lowest BCUT2D eigenvalue weighted by Crippen LogP contribution is -2.12. The Balaban J connectivity index is 2.09. The van der Waals surface area contributed by atoms with Crippen molar-refractivity contribution in [2.75, 3.05) is 17.7 Å². The molecule has 0 bridgehead atoms. The molecule has 0 atom stereocenters. The van der Waals surface area contributed by atoms with Crippen LogP contribution >= 0.6 is 0 Å². The predicted octanol–water partition coefficient (Wildman–Crippen LogP) is 1.36. The van der Waals surface area contributed by atoms with Crippen molar-refractivity contribution >= 4 is 17.6 Å². The Hall–Kier alpha value is -2.37. The Labute approximate surface area is 91.7 Å². The summed E-state index contributed by atoms with van der Waals surface area (Å²) in [6.07, 6.45) is 0. The van der Waals surface area contributed by atoms with E-state index in [0.717, 1.165) is 0 Å². The minimum atomic E-state index is -0.430. The first-order valence-electron chi connectivity index (χ1n) is 4.67. The summed E-state index contributed by atoms with van der Waals surface area (Å²) in [5.74, 6) is -0.506. The van der Waals surface area contributed by atoms with E-state index in [0.29, 0.717) is 5.69 Å². The molecule has 0 aliphatic rings. The van der Waals surface area contributed by atoms with Crippen molar-refractivity contribution in [3.63, 3.8) is 0 Å². The van der Waals surface area contributed by atoms with Crippen molar-refractivity contribution in [3.8, 4) is 0 Å². The topological polar surface area (TPSA) is 80.0 Å². The van der Waals surface area contributed by atoms with Crippen molar-refractivity contribution in [3.05, 3.63) is 36.2 Å². The van der Waals surface area contributed by atoms with Crippen molar-refractivity contribution in [2.45, 2.75) is 0 Å². The number of para-hydroxylation sites is 1. The van der Waals surface area contributed by atoms with Crippen LogP contribution in [0.2, 0.25) is 0 Å². The lowest BCUT2D eigenvalue weighted by Gasteiger charge is -2.00. The lowest BCUT2D eigenvalue weighted by molar-refractivity contribution is 0.0991. The van der Waals surface area contributed by atoms with Gasteiger partial charge in [0.2, 0.25) is 0 Å². The molecule has 0 fully saturated rings. The Morgan fingerprint density at radius 1 is 1.25 bits per heavy atom. The first-order chi connectivity index (χ1) is 7.79. The van der Waals surface area contributed by atoms with Gasteiger partial charge in [-0.2, -0.15) is 0 Å². The molecular formula is C10H10N4O2. The summed E-state index contributed by atoms with van der Waals surface area (Å²) in [6.45, 7) is 0. The molecule has 1 aromatic heterocycles. The van der Waals surface area contributed by atoms with E-state index in [1.54, 1.807) is 19.2 Å². The van der Waals surface area contributed by atoms with Crippen LogP contribution < -0.4 is 10.6 Å². The van der Waals surface area contributed by atoms with Gasteiger partial charge in [0.05, 0.1) is 0 Å². The second kappa shape index (κ2) is 4.43. The van der Waals surface area contributed by atoms with E-state index < -0.39 is 5.91 Å². The molecule has 16 heavy (non-hydrogen) atoms. The highest BCUT2D eigenvalue weighted by atomic mass is 16.4. The van der Waals surface area contributed by atoms with Crippen LogP contribution in [0.4, 0.5) is 11.7 Å². The highest BCUT2D eigenvalue weighted by Gasteiger charge is 2.13. The van der Waals surface area contributed by atoms with E-state index in [4.69, 9.17) is 4.42 Å². The number of aromatic nitrogens is 2. The van der Waals surface area contributed by atoms with E-state index >= 15 is 0 Å². The third kappa shape index (κ3) is 2.17. The highest BCUT2D eigenvalue weighted by Crippen LogP contribution is 2.09. The molecule has 2 rings (SSSR count). The van der Waals surface area contributed by atoms with Crippen LogP contribution in [0.25, 0.3) is 0 Å². The van der Waals surface area contributed by atoms with Crippen LogP contribution in [-0.4, -0.2) is 23.2 Å². The van der Waals surface area contributed by atoms with E-state index in [-0.39, 0.29) is 11.9 Å². The van der Waals surface area contributed by atoms with Gasteiger partial charge < -0.3 is 15.1 Å². The largest absolute Gasteiger partial charge is 0.399 e. The summed E-state index contributed by atoms with van der Waals surface area (Å²) >= 11 is 0. The zero-order valence-electron chi connectivity index (χ0n) is 8.60. The van der Waals surface area contributed by atoms with Gasteiger partial charge >= 0.3 is 17.8 Å². The lowest BCUT2D eigenvalue weighted by atomic mass is 10.3. The van der Waals surface area contributed by atoms with Gasteiger partial charge in [-0.1, -0.05) is 23.3 Å². The first-order valence-corrected chi connectivity index (χ1v) is 4.67. The third-order valence-corrected chi connectivity index (χ3v) is 1.86. The number of amides is 1. The van der Waals surface area contributed by atoms with Crippen molar-refractivity contribution in [2.24, 2.45) is 0 Å². The molecule has 0 saturated heterocycles. The number of rotatable bonds is 3. The molecule has 6 nitrogen and oxygen atoms in total. The number of carbonyl (C=O) groups is 1. The van der Waals surface area contributed by atoms with Crippen LogP contribution in [0.1, 0.15) is 10.7 Å². The summed E-state index contributed by atoms with van der Waals surface area (Å²) in [5, 5.41) is 12.5. The van der Waals surface area contributed by atoms with E-state index in [1.807, 2.05) is 18.2 Å².